The standard InChI is InChI=1S/C33H48N4O5/c38-27-24-29(42-32-21-11-13-23-40-32)33(26(27)17-6-1-2-7-19-30-34-36-37-35-30)28(41-31-20-10-12-22-39-31)18-9-8-16-25-14-4-3-5-15-25/h1,3-6,14-15,18,26-27,29,31-33,38H,2,7-13,16-17,19-24H2,(H,34,35,36,37)/b6-1-,28-18?/t26-,27-,29+,31?,32?,33-/m0/s1. The number of aromatic amines is 1. The molecule has 1 aromatic heterocycles. The Morgan fingerprint density at radius 1 is 0.952 bits per heavy atom. The zero-order chi connectivity index (χ0) is 28.8. The lowest BCUT2D eigenvalue weighted by Gasteiger charge is -2.34. The third-order valence-corrected chi connectivity index (χ3v) is 8.63. The number of nitrogens with one attached hydrogen (secondary N) is 1. The van der Waals surface area contributed by atoms with Crippen LogP contribution in [0.25, 0.3) is 0 Å². The van der Waals surface area contributed by atoms with Crippen molar-refractivity contribution in [2.75, 3.05) is 13.2 Å². The largest absolute Gasteiger partial charge is 0.469 e. The molecule has 2 N–H and O–H groups in total. The van der Waals surface area contributed by atoms with Crippen molar-refractivity contribution in [3.8, 4) is 0 Å². The Balaban J connectivity index is 1.28. The number of ether oxygens (including phenoxy) is 4. The van der Waals surface area contributed by atoms with Gasteiger partial charge < -0.3 is 24.1 Å². The minimum Gasteiger partial charge on any atom is -0.469 e. The van der Waals surface area contributed by atoms with E-state index in [1.54, 1.807) is 0 Å². The average molecular weight is 581 g/mol. The number of hydrogen-bond donors (Lipinski definition) is 2. The van der Waals surface area contributed by atoms with Crippen LogP contribution in [0, 0.1) is 11.8 Å². The summed E-state index contributed by atoms with van der Waals surface area (Å²) in [4.78, 5) is 0. The Labute approximate surface area is 250 Å². The minimum absolute atomic E-state index is 0.00252. The number of benzene rings is 1. The van der Waals surface area contributed by atoms with E-state index < -0.39 is 6.10 Å². The third-order valence-electron chi connectivity index (χ3n) is 8.63. The lowest BCUT2D eigenvalue weighted by Crippen LogP contribution is -2.34. The molecule has 2 unspecified atom stereocenters. The molecule has 9 nitrogen and oxygen atoms in total. The summed E-state index contributed by atoms with van der Waals surface area (Å²) in [5.74, 6) is 1.67. The molecular weight excluding hydrogens is 532 g/mol. The topological polar surface area (TPSA) is 112 Å². The van der Waals surface area contributed by atoms with Crippen LogP contribution in [0.1, 0.15) is 88.4 Å². The molecule has 1 aromatic carbocycles. The molecule has 3 fully saturated rings. The number of aliphatic hydroxyl groups excluding tert-OH is 1. The second-order valence-electron chi connectivity index (χ2n) is 11.8. The summed E-state index contributed by atoms with van der Waals surface area (Å²) in [7, 11) is 0. The van der Waals surface area contributed by atoms with E-state index in [2.05, 4.69) is 69.2 Å². The van der Waals surface area contributed by atoms with Crippen LogP contribution in [-0.4, -0.2) is 63.7 Å². The Morgan fingerprint density at radius 3 is 2.48 bits per heavy atom. The van der Waals surface area contributed by atoms with Gasteiger partial charge in [-0.3, -0.25) is 0 Å². The number of allylic oxidation sites excluding steroid dienone is 3. The highest BCUT2D eigenvalue weighted by Crippen LogP contribution is 2.44. The fraction of sp³-hybridized carbons (Fsp3) is 0.667. The predicted molar refractivity (Wildman–Crippen MR) is 159 cm³/mol. The van der Waals surface area contributed by atoms with Crippen molar-refractivity contribution in [2.45, 2.75) is 115 Å². The van der Waals surface area contributed by atoms with E-state index >= 15 is 0 Å². The van der Waals surface area contributed by atoms with Crippen LogP contribution in [0.5, 0.6) is 0 Å². The van der Waals surface area contributed by atoms with Crippen LogP contribution in [0.3, 0.4) is 0 Å². The SMILES string of the molecule is O[C@H]1C[C@@H](OC2CCCCO2)[C@H](C(=CCCCc2ccccc2)OC2CCCCO2)[C@H]1C/C=C\CCCc1nnn[nH]1. The fourth-order valence-corrected chi connectivity index (χ4v) is 6.38. The van der Waals surface area contributed by atoms with Gasteiger partial charge in [0, 0.05) is 37.7 Å². The Hall–Kier alpha value is -2.59. The molecule has 0 amide bonds. The average Bonchev–Trinajstić information content (AvgIpc) is 3.65. The molecule has 0 bridgehead atoms. The van der Waals surface area contributed by atoms with Gasteiger partial charge in [0.25, 0.3) is 0 Å². The lowest BCUT2D eigenvalue weighted by atomic mass is 9.87. The van der Waals surface area contributed by atoms with Crippen molar-refractivity contribution in [3.63, 3.8) is 0 Å². The molecule has 1 aliphatic carbocycles. The molecule has 0 spiro atoms. The van der Waals surface area contributed by atoms with Gasteiger partial charge >= 0.3 is 0 Å². The van der Waals surface area contributed by atoms with Crippen LogP contribution in [0.4, 0.5) is 0 Å². The summed E-state index contributed by atoms with van der Waals surface area (Å²) >= 11 is 0. The highest BCUT2D eigenvalue weighted by atomic mass is 16.7. The number of tetrazole rings is 1. The van der Waals surface area contributed by atoms with Gasteiger partial charge in [-0.05, 0) is 92.7 Å². The molecule has 1 saturated carbocycles. The van der Waals surface area contributed by atoms with Crippen molar-refractivity contribution in [1.82, 2.24) is 20.6 Å². The first-order valence-electron chi connectivity index (χ1n) is 16.1. The Kier molecular flexibility index (Phi) is 12.4. The van der Waals surface area contributed by atoms with E-state index in [0.717, 1.165) is 108 Å². The number of rotatable bonds is 15. The summed E-state index contributed by atoms with van der Waals surface area (Å²) in [6.07, 6.45) is 18.7. The van der Waals surface area contributed by atoms with Gasteiger partial charge in [0.2, 0.25) is 0 Å². The maximum Gasteiger partial charge on any atom is 0.199 e. The van der Waals surface area contributed by atoms with Crippen LogP contribution in [0.15, 0.2) is 54.3 Å². The van der Waals surface area contributed by atoms with E-state index in [9.17, 15) is 5.11 Å². The number of nitrogens with zero attached hydrogens (tertiary/aromatic N) is 3. The fourth-order valence-electron chi connectivity index (χ4n) is 6.38. The molecule has 0 radical (unpaired) electrons. The summed E-state index contributed by atoms with van der Waals surface area (Å²) < 4.78 is 25.3. The molecule has 3 aliphatic rings. The van der Waals surface area contributed by atoms with E-state index in [0.29, 0.717) is 6.42 Å². The second-order valence-corrected chi connectivity index (χ2v) is 11.8. The van der Waals surface area contributed by atoms with Crippen molar-refractivity contribution in [3.05, 3.63) is 65.7 Å². The van der Waals surface area contributed by atoms with Crippen LogP contribution in [-0.2, 0) is 31.8 Å². The summed E-state index contributed by atoms with van der Waals surface area (Å²) in [5.41, 5.74) is 1.35. The number of aryl methyl sites for hydroxylation is 2. The molecule has 9 heteroatoms. The summed E-state index contributed by atoms with van der Waals surface area (Å²) in [6.45, 7) is 1.46. The first-order chi connectivity index (χ1) is 20.8. The van der Waals surface area contributed by atoms with E-state index in [4.69, 9.17) is 18.9 Å². The highest BCUT2D eigenvalue weighted by molar-refractivity contribution is 5.15. The maximum atomic E-state index is 11.4. The normalized spacial score (nSPS) is 28.8. The monoisotopic (exact) mass is 580 g/mol. The minimum atomic E-state index is -0.475. The second kappa shape index (κ2) is 16.9. The number of H-pyrrole nitrogens is 1. The van der Waals surface area contributed by atoms with Gasteiger partial charge in [-0.25, -0.2) is 5.10 Å². The van der Waals surface area contributed by atoms with Gasteiger partial charge in [0.1, 0.15) is 11.6 Å². The first-order valence-corrected chi connectivity index (χ1v) is 16.1. The quantitative estimate of drug-likeness (QED) is 0.154. The van der Waals surface area contributed by atoms with Crippen LogP contribution >= 0.6 is 0 Å². The number of aromatic nitrogens is 4. The Morgan fingerprint density at radius 2 is 1.74 bits per heavy atom. The van der Waals surface area contributed by atoms with Crippen LogP contribution < -0.4 is 0 Å². The van der Waals surface area contributed by atoms with Gasteiger partial charge in [-0.15, -0.1) is 5.10 Å². The van der Waals surface area contributed by atoms with Gasteiger partial charge in [-0.2, -0.15) is 0 Å². The van der Waals surface area contributed by atoms with Crippen molar-refractivity contribution < 1.29 is 24.1 Å². The van der Waals surface area contributed by atoms with Crippen molar-refractivity contribution >= 4 is 0 Å². The smallest absolute Gasteiger partial charge is 0.199 e. The van der Waals surface area contributed by atoms with E-state index in [1.165, 1.54) is 5.56 Å². The van der Waals surface area contributed by atoms with Crippen molar-refractivity contribution in [1.29, 1.82) is 0 Å². The zero-order valence-electron chi connectivity index (χ0n) is 24.8. The molecule has 5 rings (SSSR count). The van der Waals surface area contributed by atoms with Crippen LogP contribution in [0.2, 0.25) is 0 Å². The third kappa shape index (κ3) is 9.46. The highest BCUT2D eigenvalue weighted by Gasteiger charge is 2.47. The molecule has 42 heavy (non-hydrogen) atoms. The Bertz CT molecular complexity index is 1070. The number of hydrogen-bond acceptors (Lipinski definition) is 8. The van der Waals surface area contributed by atoms with Gasteiger partial charge in [0.05, 0.1) is 18.8 Å². The molecule has 6 atom stereocenters. The predicted octanol–water partition coefficient (Wildman–Crippen LogP) is 5.83. The molecule has 230 valence electrons. The number of unbranched alkanes of at least 4 members (excludes halogenated alkanes) is 2. The molecular formula is C33H48N4O5. The maximum absolute atomic E-state index is 11.4. The summed E-state index contributed by atoms with van der Waals surface area (Å²) in [6, 6.07) is 10.6. The van der Waals surface area contributed by atoms with Gasteiger partial charge in [0.15, 0.2) is 12.6 Å². The molecule has 3 heterocycles. The zero-order valence-corrected chi connectivity index (χ0v) is 24.8. The molecule has 2 aliphatic heterocycles. The molecule has 2 aromatic rings. The number of aliphatic hydroxyl groups is 1. The van der Waals surface area contributed by atoms with E-state index in [-0.39, 0.29) is 30.5 Å². The first kappa shape index (κ1) is 30.9. The molecule has 2 saturated heterocycles. The van der Waals surface area contributed by atoms with Gasteiger partial charge in [-0.1, -0.05) is 42.5 Å². The summed E-state index contributed by atoms with van der Waals surface area (Å²) in [5, 5.41) is 25.4. The van der Waals surface area contributed by atoms with E-state index in [1.807, 2.05) is 0 Å². The lowest BCUT2D eigenvalue weighted by molar-refractivity contribution is -0.201. The van der Waals surface area contributed by atoms with Crippen molar-refractivity contribution in [2.24, 2.45) is 11.8 Å².